The molecular formula is C19H18Cl2N6O. The molecule has 1 atom stereocenters. The molecule has 0 radical (unpaired) electrons. The molecule has 28 heavy (non-hydrogen) atoms. The average molecular weight is 417 g/mol. The highest BCUT2D eigenvalue weighted by Crippen LogP contribution is 2.29. The van der Waals surface area contributed by atoms with E-state index in [1.807, 2.05) is 25.5 Å². The Kier molecular flexibility index (Phi) is 4.72. The van der Waals surface area contributed by atoms with Crippen LogP contribution in [0.5, 0.6) is 0 Å². The molecule has 0 fully saturated rings. The summed E-state index contributed by atoms with van der Waals surface area (Å²) < 4.78 is 3.26. The smallest absolute Gasteiger partial charge is 0.272 e. The maximum Gasteiger partial charge on any atom is 0.272 e. The van der Waals surface area contributed by atoms with E-state index in [2.05, 4.69) is 20.2 Å². The first-order valence-electron chi connectivity index (χ1n) is 8.78. The fourth-order valence-electron chi connectivity index (χ4n) is 3.33. The van der Waals surface area contributed by atoms with Crippen LogP contribution in [0.25, 0.3) is 16.9 Å². The van der Waals surface area contributed by atoms with Gasteiger partial charge in [-0.05, 0) is 39.0 Å². The van der Waals surface area contributed by atoms with Gasteiger partial charge in [0, 0.05) is 29.1 Å². The fraction of sp³-hybridized carbons (Fsp3) is 0.263. The molecule has 4 aromatic rings. The van der Waals surface area contributed by atoms with Crippen molar-refractivity contribution in [3.63, 3.8) is 0 Å². The van der Waals surface area contributed by atoms with E-state index in [0.717, 1.165) is 17.2 Å². The fourth-order valence-corrected chi connectivity index (χ4v) is 3.84. The Bertz CT molecular complexity index is 1240. The molecule has 0 aliphatic heterocycles. The third-order valence-electron chi connectivity index (χ3n) is 4.55. The molecule has 0 saturated heterocycles. The van der Waals surface area contributed by atoms with Crippen LogP contribution < -0.4 is 5.56 Å². The Labute approximate surface area is 170 Å². The number of nitrogens with zero attached hydrogens (tertiary/aromatic N) is 5. The molecule has 1 N–H and O–H groups in total. The number of hydrogen-bond acceptors (Lipinski definition) is 4. The highest BCUT2D eigenvalue weighted by molar-refractivity contribution is 6.36. The lowest BCUT2D eigenvalue weighted by molar-refractivity contribution is 0.469. The van der Waals surface area contributed by atoms with Crippen LogP contribution in [0.3, 0.4) is 0 Å². The quantitative estimate of drug-likeness (QED) is 0.544. The number of nitrogens with one attached hydrogen (secondary N) is 1. The van der Waals surface area contributed by atoms with Crippen LogP contribution in [-0.2, 0) is 6.42 Å². The largest absolute Gasteiger partial charge is 0.289 e. The van der Waals surface area contributed by atoms with Crippen LogP contribution in [0.1, 0.15) is 30.3 Å². The van der Waals surface area contributed by atoms with E-state index in [0.29, 0.717) is 33.5 Å². The molecule has 0 amide bonds. The van der Waals surface area contributed by atoms with Gasteiger partial charge in [0.1, 0.15) is 11.6 Å². The van der Waals surface area contributed by atoms with Gasteiger partial charge in [0.25, 0.3) is 5.56 Å². The second-order valence-electron chi connectivity index (χ2n) is 6.78. The van der Waals surface area contributed by atoms with Gasteiger partial charge in [0.2, 0.25) is 0 Å². The van der Waals surface area contributed by atoms with Crippen molar-refractivity contribution in [2.24, 2.45) is 0 Å². The van der Waals surface area contributed by atoms with Gasteiger partial charge >= 0.3 is 0 Å². The molecule has 9 heteroatoms. The van der Waals surface area contributed by atoms with Crippen molar-refractivity contribution in [1.82, 2.24) is 29.4 Å². The third kappa shape index (κ3) is 3.43. The zero-order valence-electron chi connectivity index (χ0n) is 15.6. The van der Waals surface area contributed by atoms with Gasteiger partial charge in [-0.25, -0.2) is 19.2 Å². The summed E-state index contributed by atoms with van der Waals surface area (Å²) in [6, 6.07) is 8.58. The summed E-state index contributed by atoms with van der Waals surface area (Å²) in [4.78, 5) is 21.5. The molecule has 0 aliphatic rings. The molecule has 144 valence electrons. The lowest BCUT2D eigenvalue weighted by Gasteiger charge is -2.12. The Balaban J connectivity index is 1.70. The number of benzene rings is 1. The Morgan fingerprint density at radius 2 is 1.93 bits per heavy atom. The van der Waals surface area contributed by atoms with E-state index in [4.69, 9.17) is 23.2 Å². The molecule has 0 aliphatic carbocycles. The molecular weight excluding hydrogens is 399 g/mol. The van der Waals surface area contributed by atoms with Crippen molar-refractivity contribution in [1.29, 1.82) is 0 Å². The first kappa shape index (κ1) is 18.7. The maximum absolute atomic E-state index is 12.6. The zero-order valence-corrected chi connectivity index (χ0v) is 17.1. The maximum atomic E-state index is 12.6. The minimum absolute atomic E-state index is 0.0275. The van der Waals surface area contributed by atoms with E-state index in [1.165, 1.54) is 10.6 Å². The van der Waals surface area contributed by atoms with E-state index in [9.17, 15) is 4.79 Å². The number of rotatable bonds is 4. The molecule has 0 saturated carbocycles. The molecule has 4 rings (SSSR count). The predicted molar refractivity (Wildman–Crippen MR) is 109 cm³/mol. The van der Waals surface area contributed by atoms with Crippen LogP contribution in [0.15, 0.2) is 35.1 Å². The number of aryl methyl sites for hydroxylation is 2. The number of halogens is 2. The molecule has 0 unspecified atom stereocenters. The van der Waals surface area contributed by atoms with Crippen molar-refractivity contribution < 1.29 is 0 Å². The van der Waals surface area contributed by atoms with Crippen molar-refractivity contribution >= 4 is 28.8 Å². The normalized spacial score (nSPS) is 12.6. The van der Waals surface area contributed by atoms with Gasteiger partial charge in [-0.15, -0.1) is 0 Å². The minimum Gasteiger partial charge on any atom is -0.289 e. The molecule has 0 bridgehead atoms. The van der Waals surface area contributed by atoms with Gasteiger partial charge in [-0.1, -0.05) is 23.2 Å². The van der Waals surface area contributed by atoms with Crippen molar-refractivity contribution in [3.8, 4) is 11.3 Å². The number of fused-ring (bicyclic) bond motifs is 1. The van der Waals surface area contributed by atoms with Gasteiger partial charge in [-0.3, -0.25) is 9.89 Å². The molecule has 3 heterocycles. The Hall–Kier alpha value is -2.64. The Morgan fingerprint density at radius 1 is 1.14 bits per heavy atom. The monoisotopic (exact) mass is 416 g/mol. The molecule has 7 nitrogen and oxygen atoms in total. The highest BCUT2D eigenvalue weighted by Gasteiger charge is 2.15. The van der Waals surface area contributed by atoms with E-state index in [-0.39, 0.29) is 11.6 Å². The Morgan fingerprint density at radius 3 is 2.61 bits per heavy atom. The first-order valence-corrected chi connectivity index (χ1v) is 9.54. The van der Waals surface area contributed by atoms with Crippen molar-refractivity contribution in [2.45, 2.75) is 33.2 Å². The summed E-state index contributed by atoms with van der Waals surface area (Å²) in [7, 11) is 0. The van der Waals surface area contributed by atoms with Crippen LogP contribution in [-0.4, -0.2) is 29.4 Å². The van der Waals surface area contributed by atoms with E-state index >= 15 is 0 Å². The van der Waals surface area contributed by atoms with Gasteiger partial charge in [-0.2, -0.15) is 5.10 Å². The number of hydrogen-bond donors (Lipinski definition) is 1. The van der Waals surface area contributed by atoms with Crippen LogP contribution in [0, 0.1) is 13.8 Å². The average Bonchev–Trinajstić information content (AvgIpc) is 3.18. The van der Waals surface area contributed by atoms with Gasteiger partial charge < -0.3 is 0 Å². The van der Waals surface area contributed by atoms with Gasteiger partial charge in [0.05, 0.1) is 22.5 Å². The highest BCUT2D eigenvalue weighted by atomic mass is 35.5. The summed E-state index contributed by atoms with van der Waals surface area (Å²) in [5.74, 6) is 1.56. The first-order chi connectivity index (χ1) is 13.3. The topological polar surface area (TPSA) is 80.9 Å². The molecule has 0 spiro atoms. The lowest BCUT2D eigenvalue weighted by atomic mass is 10.1. The summed E-state index contributed by atoms with van der Waals surface area (Å²) in [5, 5.41) is 8.52. The second kappa shape index (κ2) is 7.07. The molecule has 3 aromatic heterocycles. The number of aromatic amines is 1. The number of aromatic nitrogens is 6. The van der Waals surface area contributed by atoms with Crippen molar-refractivity contribution in [2.75, 3.05) is 0 Å². The van der Waals surface area contributed by atoms with E-state index in [1.54, 1.807) is 24.3 Å². The van der Waals surface area contributed by atoms with Crippen molar-refractivity contribution in [3.05, 3.63) is 68.1 Å². The van der Waals surface area contributed by atoms with Crippen LogP contribution in [0.2, 0.25) is 10.0 Å². The summed E-state index contributed by atoms with van der Waals surface area (Å²) in [6.45, 7) is 5.80. The zero-order chi connectivity index (χ0) is 20.0. The molecule has 1 aromatic carbocycles. The van der Waals surface area contributed by atoms with Gasteiger partial charge in [0.15, 0.2) is 5.65 Å². The number of H-pyrrole nitrogens is 1. The predicted octanol–water partition coefficient (Wildman–Crippen LogP) is 4.01. The summed E-state index contributed by atoms with van der Waals surface area (Å²) in [6.07, 6.45) is 0.567. The minimum atomic E-state index is -0.185. The van der Waals surface area contributed by atoms with Crippen LogP contribution in [0.4, 0.5) is 0 Å². The SMILES string of the molecule is Cc1nc(C)n([C@H](C)Cc2cc(=O)n3[nH]c(-c4ccc(Cl)cc4Cl)cc3n2)n1. The standard InChI is InChI=1S/C19H18Cl2N6O/c1-10(26-12(3)22-11(2)24-26)6-14-8-19(28)27-18(23-14)9-17(25-27)15-5-4-13(20)7-16(15)21/h4-5,7-10,25H,6H2,1-3H3/t10-/m1/s1. The van der Waals surface area contributed by atoms with Crippen LogP contribution >= 0.6 is 23.2 Å². The summed E-state index contributed by atoms with van der Waals surface area (Å²) >= 11 is 12.3. The second-order valence-corrected chi connectivity index (χ2v) is 7.62. The van der Waals surface area contributed by atoms with E-state index < -0.39 is 0 Å². The summed E-state index contributed by atoms with van der Waals surface area (Å²) in [5.41, 5.74) is 2.48. The third-order valence-corrected chi connectivity index (χ3v) is 5.10. The lowest BCUT2D eigenvalue weighted by Crippen LogP contribution is -2.18.